The summed E-state index contributed by atoms with van der Waals surface area (Å²) in [5.74, 6) is 1.81. The Morgan fingerprint density at radius 1 is 1.38 bits per heavy atom. The predicted molar refractivity (Wildman–Crippen MR) is 66.1 cm³/mol. The van der Waals surface area contributed by atoms with Gasteiger partial charge in [0.2, 0.25) is 0 Å². The van der Waals surface area contributed by atoms with Gasteiger partial charge in [-0.25, -0.2) is 0 Å². The van der Waals surface area contributed by atoms with E-state index in [1.54, 1.807) is 14.2 Å². The molecule has 0 amide bonds. The number of hydrogen-bond acceptors (Lipinski definition) is 3. The van der Waals surface area contributed by atoms with Gasteiger partial charge in [-0.15, -0.1) is 0 Å². The Hall–Kier alpha value is -0.960. The van der Waals surface area contributed by atoms with Crippen LogP contribution in [0.5, 0.6) is 0 Å². The van der Waals surface area contributed by atoms with E-state index in [1.165, 1.54) is 6.42 Å². The Morgan fingerprint density at radius 3 is 2.69 bits per heavy atom. The van der Waals surface area contributed by atoms with E-state index in [1.807, 2.05) is 13.1 Å². The van der Waals surface area contributed by atoms with Crippen LogP contribution in [0.3, 0.4) is 0 Å². The molecule has 1 atom stereocenters. The molecule has 0 aromatic carbocycles. The van der Waals surface area contributed by atoms with Gasteiger partial charge in [0, 0.05) is 6.42 Å². The van der Waals surface area contributed by atoms with E-state index in [0.717, 1.165) is 30.9 Å². The van der Waals surface area contributed by atoms with E-state index in [0.29, 0.717) is 0 Å². The number of nitrogens with one attached hydrogen (secondary N) is 1. The van der Waals surface area contributed by atoms with Crippen LogP contribution in [-0.2, 0) is 9.47 Å². The molecule has 16 heavy (non-hydrogen) atoms. The number of hydrogen-bond donors (Lipinski definition) is 1. The molecule has 0 spiro atoms. The first-order chi connectivity index (χ1) is 7.65. The van der Waals surface area contributed by atoms with Crippen molar-refractivity contribution in [1.29, 1.82) is 0 Å². The second kappa shape index (κ2) is 5.94. The third-order valence-corrected chi connectivity index (χ3v) is 3.12. The lowest BCUT2D eigenvalue weighted by molar-refractivity contribution is 0.187. The Balaban J connectivity index is 2.61. The molecule has 1 aliphatic rings. The van der Waals surface area contributed by atoms with Crippen LogP contribution in [-0.4, -0.2) is 27.8 Å². The molecular weight excluding hydrogens is 202 g/mol. The minimum Gasteiger partial charge on any atom is -0.497 e. The van der Waals surface area contributed by atoms with Gasteiger partial charge < -0.3 is 14.8 Å². The fourth-order valence-electron chi connectivity index (χ4n) is 2.08. The van der Waals surface area contributed by atoms with E-state index in [4.69, 9.17) is 9.47 Å². The zero-order chi connectivity index (χ0) is 12.0. The maximum absolute atomic E-state index is 5.38. The summed E-state index contributed by atoms with van der Waals surface area (Å²) in [6.45, 7) is 3.33. The highest BCUT2D eigenvalue weighted by Crippen LogP contribution is 2.38. The summed E-state index contributed by atoms with van der Waals surface area (Å²) in [4.78, 5) is 0. The Kier molecular flexibility index (Phi) is 4.87. The van der Waals surface area contributed by atoms with Gasteiger partial charge in [-0.05, 0) is 37.9 Å². The average Bonchev–Trinajstić information content (AvgIpc) is 2.29. The number of ether oxygens (including phenoxy) is 2. The van der Waals surface area contributed by atoms with Crippen molar-refractivity contribution in [1.82, 2.24) is 5.32 Å². The quantitative estimate of drug-likeness (QED) is 0.704. The lowest BCUT2D eigenvalue weighted by Crippen LogP contribution is -2.21. The van der Waals surface area contributed by atoms with Crippen LogP contribution in [0.25, 0.3) is 0 Å². The van der Waals surface area contributed by atoms with Crippen LogP contribution in [0.4, 0.5) is 0 Å². The predicted octanol–water partition coefficient (Wildman–Crippen LogP) is 2.46. The molecule has 0 saturated carbocycles. The first kappa shape index (κ1) is 13.1. The molecule has 1 rings (SSSR count). The minimum absolute atomic E-state index is 0.199. The van der Waals surface area contributed by atoms with Gasteiger partial charge in [-0.3, -0.25) is 0 Å². The van der Waals surface area contributed by atoms with Crippen molar-refractivity contribution >= 4 is 0 Å². The Bertz CT molecular complexity index is 284. The molecule has 0 aliphatic heterocycles. The van der Waals surface area contributed by atoms with Gasteiger partial charge in [-0.2, -0.15) is 0 Å². The number of methoxy groups -OCH3 is 2. The number of allylic oxidation sites excluding steroid dienone is 3. The van der Waals surface area contributed by atoms with E-state index in [2.05, 4.69) is 18.3 Å². The highest BCUT2D eigenvalue weighted by Gasteiger charge is 2.28. The maximum atomic E-state index is 5.38. The minimum atomic E-state index is 0.199. The summed E-state index contributed by atoms with van der Waals surface area (Å²) < 4.78 is 10.7. The molecule has 3 heteroatoms. The summed E-state index contributed by atoms with van der Waals surface area (Å²) in [7, 11) is 5.38. The average molecular weight is 225 g/mol. The van der Waals surface area contributed by atoms with E-state index in [-0.39, 0.29) is 5.41 Å². The molecule has 0 radical (unpaired) electrons. The topological polar surface area (TPSA) is 30.5 Å². The summed E-state index contributed by atoms with van der Waals surface area (Å²) >= 11 is 0. The molecule has 0 bridgehead atoms. The molecule has 3 nitrogen and oxygen atoms in total. The van der Waals surface area contributed by atoms with Crippen LogP contribution < -0.4 is 5.32 Å². The normalized spacial score (nSPS) is 24.8. The lowest BCUT2D eigenvalue weighted by Gasteiger charge is -2.30. The van der Waals surface area contributed by atoms with Crippen molar-refractivity contribution in [2.75, 3.05) is 27.8 Å². The van der Waals surface area contributed by atoms with Crippen molar-refractivity contribution in [3.8, 4) is 0 Å². The van der Waals surface area contributed by atoms with Gasteiger partial charge in [0.25, 0.3) is 0 Å². The zero-order valence-electron chi connectivity index (χ0n) is 10.8. The van der Waals surface area contributed by atoms with Gasteiger partial charge in [0.05, 0.1) is 14.2 Å². The number of rotatable bonds is 6. The van der Waals surface area contributed by atoms with Crippen molar-refractivity contribution < 1.29 is 9.47 Å². The SMILES string of the molecule is CNCCCC1(C)C=CC(OC)=C(OC)C1. The molecule has 1 N–H and O–H groups in total. The molecule has 92 valence electrons. The third kappa shape index (κ3) is 3.27. The summed E-state index contributed by atoms with van der Waals surface area (Å²) in [6, 6.07) is 0. The van der Waals surface area contributed by atoms with Crippen LogP contribution >= 0.6 is 0 Å². The first-order valence-electron chi connectivity index (χ1n) is 5.80. The van der Waals surface area contributed by atoms with Gasteiger partial charge in [0.15, 0.2) is 5.76 Å². The van der Waals surface area contributed by atoms with Gasteiger partial charge in [-0.1, -0.05) is 13.0 Å². The summed E-state index contributed by atoms with van der Waals surface area (Å²) in [5, 5.41) is 3.18. The highest BCUT2D eigenvalue weighted by molar-refractivity contribution is 5.25. The molecular formula is C13H23NO2. The molecule has 1 aliphatic carbocycles. The maximum Gasteiger partial charge on any atom is 0.156 e. The molecule has 0 saturated heterocycles. The van der Waals surface area contributed by atoms with Gasteiger partial charge in [0.1, 0.15) is 5.76 Å². The highest BCUT2D eigenvalue weighted by atomic mass is 16.5. The third-order valence-electron chi connectivity index (χ3n) is 3.12. The van der Waals surface area contributed by atoms with Crippen molar-refractivity contribution in [3.05, 3.63) is 23.7 Å². The molecule has 0 heterocycles. The second-order valence-corrected chi connectivity index (χ2v) is 4.57. The van der Waals surface area contributed by atoms with E-state index in [9.17, 15) is 0 Å². The summed E-state index contributed by atoms with van der Waals surface area (Å²) in [5.41, 5.74) is 0.199. The Labute approximate surface area is 98.5 Å². The van der Waals surface area contributed by atoms with Crippen LogP contribution in [0.15, 0.2) is 23.7 Å². The Morgan fingerprint density at radius 2 is 2.12 bits per heavy atom. The van der Waals surface area contributed by atoms with Crippen LogP contribution in [0.1, 0.15) is 26.2 Å². The zero-order valence-corrected chi connectivity index (χ0v) is 10.8. The molecule has 1 unspecified atom stereocenters. The fraction of sp³-hybridized carbons (Fsp3) is 0.692. The van der Waals surface area contributed by atoms with Crippen LogP contribution in [0.2, 0.25) is 0 Å². The van der Waals surface area contributed by atoms with Crippen LogP contribution in [0, 0.1) is 5.41 Å². The van der Waals surface area contributed by atoms with Crippen molar-refractivity contribution in [3.63, 3.8) is 0 Å². The van der Waals surface area contributed by atoms with Gasteiger partial charge >= 0.3 is 0 Å². The lowest BCUT2D eigenvalue weighted by atomic mass is 9.78. The first-order valence-corrected chi connectivity index (χ1v) is 5.80. The van der Waals surface area contributed by atoms with E-state index >= 15 is 0 Å². The molecule has 0 fully saturated rings. The second-order valence-electron chi connectivity index (χ2n) is 4.57. The summed E-state index contributed by atoms with van der Waals surface area (Å²) in [6.07, 6.45) is 7.53. The van der Waals surface area contributed by atoms with Crippen molar-refractivity contribution in [2.24, 2.45) is 5.41 Å². The fourth-order valence-corrected chi connectivity index (χ4v) is 2.08. The smallest absolute Gasteiger partial charge is 0.156 e. The monoisotopic (exact) mass is 225 g/mol. The largest absolute Gasteiger partial charge is 0.497 e. The van der Waals surface area contributed by atoms with Crippen molar-refractivity contribution in [2.45, 2.75) is 26.2 Å². The molecule has 0 aromatic rings. The van der Waals surface area contributed by atoms with E-state index < -0.39 is 0 Å². The standard InChI is InChI=1S/C13H23NO2/c1-13(7-5-9-14-2)8-6-11(15-3)12(10-13)16-4/h6,8,14H,5,7,9-10H2,1-4H3. The molecule has 0 aromatic heterocycles.